The van der Waals surface area contributed by atoms with Crippen LogP contribution in [0.2, 0.25) is 0 Å². The minimum atomic E-state index is -0.908. The van der Waals surface area contributed by atoms with Gasteiger partial charge in [0.15, 0.2) is 0 Å². The lowest BCUT2D eigenvalue weighted by Crippen LogP contribution is -2.41. The largest absolute Gasteiger partial charge is 0.478 e. The van der Waals surface area contributed by atoms with Crippen molar-refractivity contribution < 1.29 is 14.6 Å². The fourth-order valence-electron chi connectivity index (χ4n) is 2.46. The molecule has 1 aromatic rings. The van der Waals surface area contributed by atoms with Gasteiger partial charge in [0, 0.05) is 25.5 Å². The van der Waals surface area contributed by atoms with Crippen LogP contribution < -0.4 is 5.73 Å². The summed E-state index contributed by atoms with van der Waals surface area (Å²) in [5.41, 5.74) is 8.51. The molecule has 3 N–H and O–H groups in total. The zero-order valence-electron chi connectivity index (χ0n) is 12.9. The molecule has 116 valence electrons. The monoisotopic (exact) mass is 299 g/mol. The van der Waals surface area contributed by atoms with Crippen molar-refractivity contribution in [1.29, 1.82) is 0 Å². The molecule has 1 atom stereocenters. The van der Waals surface area contributed by atoms with E-state index in [4.69, 9.17) is 10.5 Å². The number of carbonyl (C=O) groups is 1. The van der Waals surface area contributed by atoms with Gasteiger partial charge in [-0.3, -0.25) is 5.73 Å². The molecule has 4 nitrogen and oxygen atoms in total. The van der Waals surface area contributed by atoms with Crippen LogP contribution in [0, 0.1) is 0 Å². The molecule has 1 aliphatic carbocycles. The number of ether oxygens (including phenoxy) is 1. The molecule has 0 amide bonds. The second-order valence-electron chi connectivity index (χ2n) is 5.54. The van der Waals surface area contributed by atoms with Gasteiger partial charge in [-0.05, 0) is 30.2 Å². The van der Waals surface area contributed by atoms with Crippen molar-refractivity contribution in [2.45, 2.75) is 25.5 Å². The highest BCUT2D eigenvalue weighted by Crippen LogP contribution is 2.29. The summed E-state index contributed by atoms with van der Waals surface area (Å²) in [4.78, 5) is 11.5. The lowest BCUT2D eigenvalue weighted by molar-refractivity contribution is -0.132. The number of aliphatic carboxylic acids is 1. The van der Waals surface area contributed by atoms with E-state index in [2.05, 4.69) is 0 Å². The van der Waals surface area contributed by atoms with E-state index in [1.165, 1.54) is 0 Å². The highest BCUT2D eigenvalue weighted by atomic mass is 16.5. The van der Waals surface area contributed by atoms with Gasteiger partial charge in [0.2, 0.25) is 0 Å². The van der Waals surface area contributed by atoms with Gasteiger partial charge < -0.3 is 9.84 Å². The molecule has 1 aromatic carbocycles. The first-order valence-corrected chi connectivity index (χ1v) is 7.14. The van der Waals surface area contributed by atoms with Gasteiger partial charge in [0.05, 0.1) is 0 Å². The van der Waals surface area contributed by atoms with Crippen LogP contribution in [0.4, 0.5) is 0 Å². The number of hydrogen-bond acceptors (Lipinski definition) is 3. The first-order valence-electron chi connectivity index (χ1n) is 7.14. The maximum atomic E-state index is 11.5. The van der Waals surface area contributed by atoms with E-state index in [9.17, 15) is 9.90 Å². The molecule has 0 aliphatic heterocycles. The van der Waals surface area contributed by atoms with Gasteiger partial charge in [0.1, 0.15) is 5.72 Å². The van der Waals surface area contributed by atoms with Crippen molar-refractivity contribution in [3.05, 3.63) is 64.8 Å². The summed E-state index contributed by atoms with van der Waals surface area (Å²) < 4.78 is 5.27. The Balaban J connectivity index is 2.23. The van der Waals surface area contributed by atoms with Crippen molar-refractivity contribution in [3.63, 3.8) is 0 Å². The second kappa shape index (κ2) is 6.73. The molecule has 0 saturated heterocycles. The van der Waals surface area contributed by atoms with Crippen molar-refractivity contribution in [2.75, 3.05) is 7.11 Å². The number of benzene rings is 1. The lowest BCUT2D eigenvalue weighted by Gasteiger charge is -2.29. The number of allylic oxidation sites excluding steroid dienone is 2. The van der Waals surface area contributed by atoms with E-state index in [0.717, 1.165) is 16.7 Å². The van der Waals surface area contributed by atoms with E-state index in [0.29, 0.717) is 18.4 Å². The zero-order valence-corrected chi connectivity index (χ0v) is 12.9. The highest BCUT2D eigenvalue weighted by molar-refractivity contribution is 5.92. The van der Waals surface area contributed by atoms with E-state index in [1.807, 2.05) is 43.3 Å². The van der Waals surface area contributed by atoms with Crippen molar-refractivity contribution in [1.82, 2.24) is 0 Å². The molecule has 0 saturated carbocycles. The first-order chi connectivity index (χ1) is 10.4. The SMILES string of the molecule is COC1(N)C=CC(CC(=Cc2ccccc2)C(=O)O)=C(C)C1. The summed E-state index contributed by atoms with van der Waals surface area (Å²) in [6, 6.07) is 9.45. The van der Waals surface area contributed by atoms with E-state index in [1.54, 1.807) is 19.3 Å². The summed E-state index contributed by atoms with van der Waals surface area (Å²) in [6.07, 6.45) is 6.29. The highest BCUT2D eigenvalue weighted by Gasteiger charge is 2.26. The van der Waals surface area contributed by atoms with Gasteiger partial charge in [0.25, 0.3) is 0 Å². The Morgan fingerprint density at radius 2 is 2.09 bits per heavy atom. The number of hydrogen-bond donors (Lipinski definition) is 2. The smallest absolute Gasteiger partial charge is 0.331 e. The number of rotatable bonds is 5. The second-order valence-corrected chi connectivity index (χ2v) is 5.54. The van der Waals surface area contributed by atoms with Gasteiger partial charge >= 0.3 is 5.97 Å². The predicted molar refractivity (Wildman–Crippen MR) is 87.1 cm³/mol. The molecule has 0 fully saturated rings. The van der Waals surface area contributed by atoms with Crippen molar-refractivity contribution in [3.8, 4) is 0 Å². The number of methoxy groups -OCH3 is 1. The van der Waals surface area contributed by atoms with Crippen molar-refractivity contribution >= 4 is 12.0 Å². The van der Waals surface area contributed by atoms with Gasteiger partial charge in [-0.1, -0.05) is 42.0 Å². The summed E-state index contributed by atoms with van der Waals surface area (Å²) in [5.74, 6) is -0.908. The Morgan fingerprint density at radius 3 is 2.64 bits per heavy atom. The molecule has 0 bridgehead atoms. The molecule has 2 rings (SSSR count). The van der Waals surface area contributed by atoms with E-state index in [-0.39, 0.29) is 0 Å². The number of carboxylic acids is 1. The molecule has 22 heavy (non-hydrogen) atoms. The lowest BCUT2D eigenvalue weighted by atomic mass is 9.89. The standard InChI is InChI=1S/C18H21NO3/c1-13-12-18(19,22-2)9-8-15(13)11-16(17(20)21)10-14-6-4-3-5-7-14/h3-10H,11-12,19H2,1-2H3,(H,20,21). The van der Waals surface area contributed by atoms with Crippen LogP contribution in [-0.4, -0.2) is 23.9 Å². The fraction of sp³-hybridized carbons (Fsp3) is 0.278. The molecular formula is C18H21NO3. The molecule has 0 radical (unpaired) electrons. The quantitative estimate of drug-likeness (QED) is 0.647. The summed E-state index contributed by atoms with van der Waals surface area (Å²) in [6.45, 7) is 1.96. The van der Waals surface area contributed by atoms with Gasteiger partial charge in [-0.25, -0.2) is 4.79 Å². The predicted octanol–water partition coefficient (Wildman–Crippen LogP) is 3.12. The minimum Gasteiger partial charge on any atom is -0.478 e. The Bertz CT molecular complexity index is 644. The molecule has 4 heteroatoms. The van der Waals surface area contributed by atoms with Crippen LogP contribution in [-0.2, 0) is 9.53 Å². The normalized spacial score (nSPS) is 22.0. The molecule has 0 aromatic heterocycles. The number of carboxylic acid groups (broad SMARTS) is 1. The summed E-state index contributed by atoms with van der Waals surface area (Å²) >= 11 is 0. The molecule has 1 aliphatic rings. The average molecular weight is 299 g/mol. The van der Waals surface area contributed by atoms with Crippen LogP contribution in [0.3, 0.4) is 0 Å². The molecular weight excluding hydrogens is 278 g/mol. The van der Waals surface area contributed by atoms with E-state index < -0.39 is 11.7 Å². The average Bonchev–Trinajstić information content (AvgIpc) is 2.50. The fourth-order valence-corrected chi connectivity index (χ4v) is 2.46. The summed E-state index contributed by atoms with van der Waals surface area (Å²) in [5, 5.41) is 9.44. The minimum absolute atomic E-state index is 0.354. The molecule has 0 spiro atoms. The Hall–Kier alpha value is -2.17. The Kier molecular flexibility index (Phi) is 4.96. The third-order valence-electron chi connectivity index (χ3n) is 3.83. The molecule has 1 unspecified atom stereocenters. The first kappa shape index (κ1) is 16.2. The van der Waals surface area contributed by atoms with E-state index >= 15 is 0 Å². The topological polar surface area (TPSA) is 72.5 Å². The van der Waals surface area contributed by atoms with Gasteiger partial charge in [-0.2, -0.15) is 0 Å². The van der Waals surface area contributed by atoms with Crippen LogP contribution in [0.25, 0.3) is 6.08 Å². The maximum absolute atomic E-state index is 11.5. The Labute approximate surface area is 130 Å². The van der Waals surface area contributed by atoms with Crippen LogP contribution in [0.5, 0.6) is 0 Å². The maximum Gasteiger partial charge on any atom is 0.331 e. The zero-order chi connectivity index (χ0) is 16.2. The Morgan fingerprint density at radius 1 is 1.41 bits per heavy atom. The summed E-state index contributed by atoms with van der Waals surface area (Å²) in [7, 11) is 1.57. The number of nitrogens with two attached hydrogens (primary N) is 1. The van der Waals surface area contributed by atoms with Crippen LogP contribution >= 0.6 is 0 Å². The van der Waals surface area contributed by atoms with Crippen molar-refractivity contribution in [2.24, 2.45) is 5.73 Å². The van der Waals surface area contributed by atoms with Gasteiger partial charge in [-0.15, -0.1) is 0 Å². The third-order valence-corrected chi connectivity index (χ3v) is 3.83. The third kappa shape index (κ3) is 3.93. The molecule has 0 heterocycles. The van der Waals surface area contributed by atoms with Crippen LogP contribution in [0.15, 0.2) is 59.2 Å². The van der Waals surface area contributed by atoms with Crippen LogP contribution in [0.1, 0.15) is 25.3 Å².